The first kappa shape index (κ1) is 21.4. The van der Waals surface area contributed by atoms with Gasteiger partial charge in [-0.15, -0.1) is 0 Å². The molecule has 0 aromatic heterocycles. The molecule has 1 amide bonds. The van der Waals surface area contributed by atoms with Crippen LogP contribution in [0.5, 0.6) is 5.75 Å². The molecule has 0 bridgehead atoms. The quantitative estimate of drug-likeness (QED) is 0.571. The van der Waals surface area contributed by atoms with E-state index in [1.54, 1.807) is 19.1 Å². The molecule has 2 aromatic carbocycles. The molecular formula is C23H29NO4S. The van der Waals surface area contributed by atoms with Gasteiger partial charge >= 0.3 is 10.1 Å². The maximum absolute atomic E-state index is 13.2. The Bertz CT molecular complexity index is 925. The van der Waals surface area contributed by atoms with Gasteiger partial charge in [0.1, 0.15) is 5.75 Å². The van der Waals surface area contributed by atoms with Crippen LogP contribution in [0.1, 0.15) is 50.7 Å². The fraction of sp³-hybridized carbons (Fsp3) is 0.435. The van der Waals surface area contributed by atoms with E-state index in [0.717, 1.165) is 18.4 Å². The van der Waals surface area contributed by atoms with E-state index in [0.29, 0.717) is 18.2 Å². The zero-order valence-electron chi connectivity index (χ0n) is 17.2. The second kappa shape index (κ2) is 8.99. The molecule has 0 aliphatic heterocycles. The zero-order valence-corrected chi connectivity index (χ0v) is 18.1. The Balaban J connectivity index is 1.69. The smallest absolute Gasteiger partial charge is 0.308 e. The summed E-state index contributed by atoms with van der Waals surface area (Å²) in [5.74, 6) is 0.772. The van der Waals surface area contributed by atoms with Gasteiger partial charge in [0.2, 0.25) is 5.91 Å². The Hall–Kier alpha value is -2.34. The van der Waals surface area contributed by atoms with Gasteiger partial charge in [0, 0.05) is 18.5 Å². The minimum absolute atomic E-state index is 0.0451. The molecule has 0 N–H and O–H groups in total. The molecule has 3 atom stereocenters. The van der Waals surface area contributed by atoms with E-state index in [1.807, 2.05) is 35.2 Å². The molecule has 6 heteroatoms. The molecule has 3 rings (SSSR count). The highest BCUT2D eigenvalue weighted by molar-refractivity contribution is 7.87. The normalized spacial score (nSPS) is 19.4. The second-order valence-electron chi connectivity index (χ2n) is 7.66. The van der Waals surface area contributed by atoms with Crippen molar-refractivity contribution in [1.29, 1.82) is 0 Å². The van der Waals surface area contributed by atoms with Gasteiger partial charge in [-0.05, 0) is 55.9 Å². The van der Waals surface area contributed by atoms with Gasteiger partial charge in [0.25, 0.3) is 0 Å². The van der Waals surface area contributed by atoms with Crippen LogP contribution < -0.4 is 4.18 Å². The molecule has 0 radical (unpaired) electrons. The van der Waals surface area contributed by atoms with Crippen LogP contribution in [0.15, 0.2) is 54.6 Å². The molecule has 0 unspecified atom stereocenters. The highest BCUT2D eigenvalue weighted by atomic mass is 32.2. The van der Waals surface area contributed by atoms with E-state index in [-0.39, 0.29) is 23.6 Å². The van der Waals surface area contributed by atoms with Crippen molar-refractivity contribution in [3.63, 3.8) is 0 Å². The van der Waals surface area contributed by atoms with E-state index in [1.165, 1.54) is 5.56 Å². The summed E-state index contributed by atoms with van der Waals surface area (Å²) in [5.41, 5.74) is 2.19. The molecule has 0 spiro atoms. The number of carbonyl (C=O) groups excluding carboxylic acids is 1. The molecular weight excluding hydrogens is 386 g/mol. The number of hydrogen-bond donors (Lipinski definition) is 0. The van der Waals surface area contributed by atoms with E-state index in [4.69, 9.17) is 4.18 Å². The lowest BCUT2D eigenvalue weighted by molar-refractivity contribution is -0.135. The first-order chi connectivity index (χ1) is 13.8. The Kier molecular flexibility index (Phi) is 6.63. The van der Waals surface area contributed by atoms with Crippen molar-refractivity contribution in [2.75, 3.05) is 5.75 Å². The van der Waals surface area contributed by atoms with Gasteiger partial charge in [-0.3, -0.25) is 4.79 Å². The molecule has 2 aromatic rings. The van der Waals surface area contributed by atoms with Gasteiger partial charge in [-0.1, -0.05) is 49.4 Å². The minimum atomic E-state index is -3.54. The zero-order chi connectivity index (χ0) is 21.0. The van der Waals surface area contributed by atoms with Crippen molar-refractivity contribution < 1.29 is 17.4 Å². The van der Waals surface area contributed by atoms with E-state index >= 15 is 0 Å². The van der Waals surface area contributed by atoms with E-state index in [2.05, 4.69) is 26.0 Å². The maximum Gasteiger partial charge on any atom is 0.308 e. The number of rotatable bonds is 9. The van der Waals surface area contributed by atoms with Crippen molar-refractivity contribution in [2.45, 2.75) is 52.1 Å². The largest absolute Gasteiger partial charge is 0.382 e. The van der Waals surface area contributed by atoms with Crippen LogP contribution in [0.2, 0.25) is 0 Å². The van der Waals surface area contributed by atoms with Gasteiger partial charge in [-0.25, -0.2) is 0 Å². The fourth-order valence-corrected chi connectivity index (χ4v) is 4.00. The number of hydrogen-bond acceptors (Lipinski definition) is 4. The van der Waals surface area contributed by atoms with Crippen LogP contribution in [0.4, 0.5) is 0 Å². The summed E-state index contributed by atoms with van der Waals surface area (Å²) >= 11 is 0. The number of nitrogens with zero attached hydrogens (tertiary/aromatic N) is 1. The van der Waals surface area contributed by atoms with Crippen molar-refractivity contribution in [1.82, 2.24) is 4.90 Å². The predicted octanol–water partition coefficient (Wildman–Crippen LogP) is 4.35. The average molecular weight is 416 g/mol. The Morgan fingerprint density at radius 2 is 1.76 bits per heavy atom. The lowest BCUT2D eigenvalue weighted by Crippen LogP contribution is -2.39. The third kappa shape index (κ3) is 5.38. The highest BCUT2D eigenvalue weighted by Gasteiger charge is 2.46. The summed E-state index contributed by atoms with van der Waals surface area (Å²) in [6, 6.07) is 17.3. The molecule has 1 saturated carbocycles. The van der Waals surface area contributed by atoms with Crippen molar-refractivity contribution in [2.24, 2.45) is 5.92 Å². The molecule has 156 valence electrons. The summed E-state index contributed by atoms with van der Waals surface area (Å²) in [7, 11) is -3.54. The summed E-state index contributed by atoms with van der Waals surface area (Å²) in [5, 5.41) is 0. The third-order valence-corrected chi connectivity index (χ3v) is 6.75. The Labute approximate surface area is 173 Å². The number of benzene rings is 2. The molecule has 5 nitrogen and oxygen atoms in total. The standard InChI is InChI=1S/C23H29NO4S/c1-4-17(3)24(23(25)22-15-21(22)19-9-7-6-8-10-19)16-18-11-13-20(14-12-18)28-29(26,27)5-2/h6-14,17,21-22H,4-5,15-16H2,1-3H3/t17-,21-,22+/m0/s1. The highest BCUT2D eigenvalue weighted by Crippen LogP contribution is 2.48. The molecule has 1 aliphatic rings. The van der Waals surface area contributed by atoms with Gasteiger partial charge in [-0.2, -0.15) is 8.42 Å². The van der Waals surface area contributed by atoms with E-state index < -0.39 is 10.1 Å². The Morgan fingerprint density at radius 1 is 1.10 bits per heavy atom. The van der Waals surface area contributed by atoms with Gasteiger partial charge in [0.05, 0.1) is 5.75 Å². The lowest BCUT2D eigenvalue weighted by atomic mass is 10.1. The third-order valence-electron chi connectivity index (χ3n) is 5.59. The average Bonchev–Trinajstić information content (AvgIpc) is 3.53. The van der Waals surface area contributed by atoms with Crippen molar-refractivity contribution >= 4 is 16.0 Å². The summed E-state index contributed by atoms with van der Waals surface area (Å²) in [6.07, 6.45) is 1.78. The molecule has 1 fully saturated rings. The van der Waals surface area contributed by atoms with E-state index in [9.17, 15) is 13.2 Å². The second-order valence-corrected chi connectivity index (χ2v) is 9.52. The molecule has 0 saturated heterocycles. The van der Waals surface area contributed by atoms with Crippen molar-refractivity contribution in [3.8, 4) is 5.75 Å². The van der Waals surface area contributed by atoms with Crippen LogP contribution in [0.3, 0.4) is 0 Å². The van der Waals surface area contributed by atoms with Gasteiger partial charge < -0.3 is 9.08 Å². The maximum atomic E-state index is 13.2. The van der Waals surface area contributed by atoms with Crippen LogP contribution >= 0.6 is 0 Å². The number of amides is 1. The first-order valence-corrected chi connectivity index (χ1v) is 11.8. The summed E-state index contributed by atoms with van der Waals surface area (Å²) < 4.78 is 28.2. The van der Waals surface area contributed by atoms with Crippen LogP contribution in [-0.4, -0.2) is 31.0 Å². The minimum Gasteiger partial charge on any atom is -0.382 e. The SMILES string of the molecule is CC[C@H](C)N(Cc1ccc(OS(=O)(=O)CC)cc1)C(=O)[C@@H]1C[C@H]1c1ccccc1. The number of carbonyl (C=O) groups is 1. The van der Waals surface area contributed by atoms with Gasteiger partial charge in [0.15, 0.2) is 0 Å². The topological polar surface area (TPSA) is 63.7 Å². The Morgan fingerprint density at radius 3 is 2.34 bits per heavy atom. The fourth-order valence-electron chi connectivity index (χ4n) is 3.47. The predicted molar refractivity (Wildman–Crippen MR) is 114 cm³/mol. The lowest BCUT2D eigenvalue weighted by Gasteiger charge is -2.29. The molecule has 1 aliphatic carbocycles. The van der Waals surface area contributed by atoms with Crippen LogP contribution in [0, 0.1) is 5.92 Å². The first-order valence-electron chi connectivity index (χ1n) is 10.2. The van der Waals surface area contributed by atoms with Crippen LogP contribution in [-0.2, 0) is 21.5 Å². The molecule has 29 heavy (non-hydrogen) atoms. The monoisotopic (exact) mass is 415 g/mol. The van der Waals surface area contributed by atoms with Crippen LogP contribution in [0.25, 0.3) is 0 Å². The summed E-state index contributed by atoms with van der Waals surface area (Å²) in [6.45, 7) is 6.20. The summed E-state index contributed by atoms with van der Waals surface area (Å²) in [4.78, 5) is 15.2. The molecule has 0 heterocycles. The van der Waals surface area contributed by atoms with Crippen molar-refractivity contribution in [3.05, 3.63) is 65.7 Å².